The molecule has 1 aliphatic rings. The summed E-state index contributed by atoms with van der Waals surface area (Å²) in [5.41, 5.74) is 4.82. The van der Waals surface area contributed by atoms with Crippen molar-refractivity contribution in [3.8, 4) is 0 Å². The van der Waals surface area contributed by atoms with Crippen LogP contribution >= 0.6 is 0 Å². The lowest BCUT2D eigenvalue weighted by molar-refractivity contribution is -0.147. The van der Waals surface area contributed by atoms with Crippen molar-refractivity contribution in [2.75, 3.05) is 19.8 Å². The zero-order valence-electron chi connectivity index (χ0n) is 9.62. The molecule has 3 N–H and O–H groups in total. The third-order valence-electron chi connectivity index (χ3n) is 2.49. The highest BCUT2D eigenvalue weighted by molar-refractivity contribution is 5.90. The Bertz CT molecular complexity index is 274. The van der Waals surface area contributed by atoms with Gasteiger partial charge >= 0.3 is 5.97 Å². The summed E-state index contributed by atoms with van der Waals surface area (Å²) in [5.74, 6) is -0.830. The van der Waals surface area contributed by atoms with Crippen molar-refractivity contribution in [3.63, 3.8) is 0 Å². The van der Waals surface area contributed by atoms with Crippen molar-refractivity contribution >= 4 is 11.9 Å². The first-order valence-corrected chi connectivity index (χ1v) is 5.34. The van der Waals surface area contributed by atoms with Crippen molar-refractivity contribution < 1.29 is 19.1 Å². The highest BCUT2D eigenvalue weighted by Gasteiger charge is 2.39. The Morgan fingerprint density at radius 2 is 2.31 bits per heavy atom. The highest BCUT2D eigenvalue weighted by atomic mass is 16.5. The van der Waals surface area contributed by atoms with Gasteiger partial charge in [-0.2, -0.15) is 0 Å². The number of nitrogens with one attached hydrogen (secondary N) is 1. The number of nitrogens with two attached hydrogens (primary N) is 1. The molecule has 2 unspecified atom stereocenters. The van der Waals surface area contributed by atoms with Crippen LogP contribution in [0.2, 0.25) is 0 Å². The monoisotopic (exact) mass is 230 g/mol. The Morgan fingerprint density at radius 3 is 2.81 bits per heavy atom. The first-order valence-electron chi connectivity index (χ1n) is 5.34. The maximum atomic E-state index is 11.8. The number of hydrogen-bond acceptors (Lipinski definition) is 5. The largest absolute Gasteiger partial charge is 0.464 e. The Labute approximate surface area is 94.5 Å². The van der Waals surface area contributed by atoms with Gasteiger partial charge in [0.25, 0.3) is 0 Å². The van der Waals surface area contributed by atoms with Crippen LogP contribution in [0.4, 0.5) is 0 Å². The summed E-state index contributed by atoms with van der Waals surface area (Å²) < 4.78 is 9.84. The van der Waals surface area contributed by atoms with E-state index >= 15 is 0 Å². The van der Waals surface area contributed by atoms with Crippen LogP contribution in [0.25, 0.3) is 0 Å². The molecule has 0 spiro atoms. The lowest BCUT2D eigenvalue weighted by Crippen LogP contribution is -2.57. The average molecular weight is 230 g/mol. The number of ether oxygens (including phenoxy) is 2. The highest BCUT2D eigenvalue weighted by Crippen LogP contribution is 2.15. The summed E-state index contributed by atoms with van der Waals surface area (Å²) in [6.45, 7) is 4.22. The van der Waals surface area contributed by atoms with Crippen molar-refractivity contribution in [2.24, 2.45) is 5.73 Å². The van der Waals surface area contributed by atoms with Crippen molar-refractivity contribution in [3.05, 3.63) is 0 Å². The normalized spacial score (nSPS) is 26.2. The van der Waals surface area contributed by atoms with E-state index in [0.29, 0.717) is 13.0 Å². The molecule has 2 atom stereocenters. The van der Waals surface area contributed by atoms with Gasteiger partial charge in [0.05, 0.1) is 13.2 Å². The standard InChI is InChI=1S/C10H18N2O4/c1-3-16-8(13)7(2)12-9(14)10(11)4-5-15-6-10/h7H,3-6,11H2,1-2H3,(H,12,14). The molecular weight excluding hydrogens is 212 g/mol. The average Bonchev–Trinajstić information content (AvgIpc) is 2.66. The summed E-state index contributed by atoms with van der Waals surface area (Å²) in [5, 5.41) is 2.53. The van der Waals surface area contributed by atoms with Crippen molar-refractivity contribution in [1.82, 2.24) is 5.32 Å². The molecule has 1 saturated heterocycles. The maximum Gasteiger partial charge on any atom is 0.328 e. The molecule has 6 nitrogen and oxygen atoms in total. The predicted molar refractivity (Wildman–Crippen MR) is 56.6 cm³/mol. The van der Waals surface area contributed by atoms with Gasteiger partial charge in [-0.15, -0.1) is 0 Å². The Morgan fingerprint density at radius 1 is 1.62 bits per heavy atom. The van der Waals surface area contributed by atoms with Gasteiger partial charge in [-0.25, -0.2) is 4.79 Å². The molecule has 1 fully saturated rings. The molecule has 1 rings (SSSR count). The maximum absolute atomic E-state index is 11.8. The van der Waals surface area contributed by atoms with Gasteiger partial charge in [0.2, 0.25) is 5.91 Å². The smallest absolute Gasteiger partial charge is 0.328 e. The Hall–Kier alpha value is -1.14. The lowest BCUT2D eigenvalue weighted by atomic mass is 9.99. The number of rotatable bonds is 4. The minimum atomic E-state index is -1.01. The second kappa shape index (κ2) is 5.27. The van der Waals surface area contributed by atoms with Gasteiger partial charge in [-0.1, -0.05) is 0 Å². The van der Waals surface area contributed by atoms with Crippen LogP contribution in [0, 0.1) is 0 Å². The fourth-order valence-corrected chi connectivity index (χ4v) is 1.43. The van der Waals surface area contributed by atoms with Crippen LogP contribution < -0.4 is 11.1 Å². The van der Waals surface area contributed by atoms with E-state index < -0.39 is 17.6 Å². The molecule has 0 aromatic carbocycles. The Balaban J connectivity index is 2.47. The first kappa shape index (κ1) is 12.9. The molecule has 1 aliphatic heterocycles. The summed E-state index contributed by atoms with van der Waals surface area (Å²) in [4.78, 5) is 23.1. The fraction of sp³-hybridized carbons (Fsp3) is 0.800. The van der Waals surface area contributed by atoms with E-state index in [9.17, 15) is 9.59 Å². The van der Waals surface area contributed by atoms with Gasteiger partial charge in [0.1, 0.15) is 11.6 Å². The zero-order valence-corrected chi connectivity index (χ0v) is 9.62. The third-order valence-corrected chi connectivity index (χ3v) is 2.49. The minimum absolute atomic E-state index is 0.189. The second-order valence-corrected chi connectivity index (χ2v) is 3.91. The summed E-state index contributed by atoms with van der Waals surface area (Å²) in [7, 11) is 0. The second-order valence-electron chi connectivity index (χ2n) is 3.91. The number of hydrogen-bond donors (Lipinski definition) is 2. The molecule has 0 aromatic rings. The first-order chi connectivity index (χ1) is 7.49. The molecule has 92 valence electrons. The van der Waals surface area contributed by atoms with E-state index in [1.165, 1.54) is 0 Å². The molecule has 16 heavy (non-hydrogen) atoms. The van der Waals surface area contributed by atoms with Crippen LogP contribution in [-0.4, -0.2) is 43.3 Å². The van der Waals surface area contributed by atoms with Crippen LogP contribution in [0.1, 0.15) is 20.3 Å². The van der Waals surface area contributed by atoms with E-state index in [4.69, 9.17) is 15.2 Å². The van der Waals surface area contributed by atoms with Gasteiger partial charge in [-0.05, 0) is 20.3 Å². The van der Waals surface area contributed by atoms with Crippen LogP contribution in [0.3, 0.4) is 0 Å². The SMILES string of the molecule is CCOC(=O)C(C)NC(=O)C1(N)CCOC1. The van der Waals surface area contributed by atoms with E-state index in [2.05, 4.69) is 5.32 Å². The quantitative estimate of drug-likeness (QED) is 0.615. The number of carbonyl (C=O) groups is 2. The summed E-state index contributed by atoms with van der Waals surface area (Å²) in [6, 6.07) is -0.687. The molecule has 0 bridgehead atoms. The molecule has 0 aliphatic carbocycles. The number of amides is 1. The number of carbonyl (C=O) groups excluding carboxylic acids is 2. The van der Waals surface area contributed by atoms with Crippen LogP contribution in [-0.2, 0) is 19.1 Å². The minimum Gasteiger partial charge on any atom is -0.464 e. The Kier molecular flexibility index (Phi) is 4.26. The van der Waals surface area contributed by atoms with Crippen LogP contribution in [0.5, 0.6) is 0 Å². The van der Waals surface area contributed by atoms with E-state index in [-0.39, 0.29) is 19.1 Å². The fourth-order valence-electron chi connectivity index (χ4n) is 1.43. The molecule has 0 saturated carbocycles. The molecule has 1 heterocycles. The van der Waals surface area contributed by atoms with Crippen LogP contribution in [0.15, 0.2) is 0 Å². The molecular formula is C10H18N2O4. The molecule has 6 heteroatoms. The number of esters is 1. The van der Waals surface area contributed by atoms with Crippen molar-refractivity contribution in [2.45, 2.75) is 31.8 Å². The third kappa shape index (κ3) is 2.93. The summed E-state index contributed by atoms with van der Waals surface area (Å²) >= 11 is 0. The summed E-state index contributed by atoms with van der Waals surface area (Å²) in [6.07, 6.45) is 0.467. The molecule has 0 radical (unpaired) electrons. The van der Waals surface area contributed by atoms with Gasteiger partial charge < -0.3 is 20.5 Å². The van der Waals surface area contributed by atoms with Gasteiger partial charge in [-0.3, -0.25) is 4.79 Å². The van der Waals surface area contributed by atoms with Crippen molar-refractivity contribution in [1.29, 1.82) is 0 Å². The zero-order chi connectivity index (χ0) is 12.2. The predicted octanol–water partition coefficient (Wildman–Crippen LogP) is -0.828. The van der Waals surface area contributed by atoms with E-state index in [1.54, 1.807) is 13.8 Å². The molecule has 0 aromatic heterocycles. The van der Waals surface area contributed by atoms with E-state index in [0.717, 1.165) is 0 Å². The molecule has 1 amide bonds. The van der Waals surface area contributed by atoms with E-state index in [1.807, 2.05) is 0 Å². The van der Waals surface area contributed by atoms with Gasteiger partial charge in [0, 0.05) is 6.61 Å². The lowest BCUT2D eigenvalue weighted by Gasteiger charge is -2.22. The van der Waals surface area contributed by atoms with Gasteiger partial charge in [0.15, 0.2) is 0 Å². The topological polar surface area (TPSA) is 90.7 Å².